The molecule has 0 saturated heterocycles. The molecule has 2 unspecified atom stereocenters. The maximum atomic E-state index is 9.43. The summed E-state index contributed by atoms with van der Waals surface area (Å²) in [6.07, 6.45) is 5.13. The fourth-order valence-electron chi connectivity index (χ4n) is 2.51. The predicted molar refractivity (Wildman–Crippen MR) is 61.5 cm³/mol. The van der Waals surface area contributed by atoms with Crippen molar-refractivity contribution >= 4 is 0 Å². The van der Waals surface area contributed by atoms with Gasteiger partial charge in [-0.3, -0.25) is 0 Å². The van der Waals surface area contributed by atoms with Gasteiger partial charge < -0.3 is 15.7 Å². The van der Waals surface area contributed by atoms with Gasteiger partial charge in [-0.2, -0.15) is 0 Å². The molecular weight excluding hydrogens is 188 g/mol. The van der Waals surface area contributed by atoms with Gasteiger partial charge in [-0.05, 0) is 51.5 Å². The lowest BCUT2D eigenvalue weighted by Crippen LogP contribution is -2.55. The molecule has 2 rings (SSSR count). The van der Waals surface area contributed by atoms with Gasteiger partial charge in [0.25, 0.3) is 0 Å². The van der Waals surface area contributed by atoms with Crippen molar-refractivity contribution in [2.75, 3.05) is 20.2 Å². The number of rotatable bonds is 6. The second-order valence-electron chi connectivity index (χ2n) is 5.66. The molecule has 0 aliphatic heterocycles. The first-order chi connectivity index (χ1) is 7.07. The van der Waals surface area contributed by atoms with Crippen molar-refractivity contribution in [3.05, 3.63) is 0 Å². The Labute approximate surface area is 92.6 Å². The van der Waals surface area contributed by atoms with E-state index in [1.807, 2.05) is 0 Å². The minimum absolute atomic E-state index is 0.124. The molecule has 0 spiro atoms. The largest absolute Gasteiger partial charge is 0.394 e. The highest BCUT2D eigenvalue weighted by Crippen LogP contribution is 2.40. The van der Waals surface area contributed by atoms with Crippen molar-refractivity contribution in [1.29, 1.82) is 0 Å². The first-order valence-corrected chi connectivity index (χ1v) is 6.17. The Morgan fingerprint density at radius 3 is 2.40 bits per heavy atom. The molecule has 2 saturated carbocycles. The van der Waals surface area contributed by atoms with Crippen LogP contribution in [0.3, 0.4) is 0 Å². The molecule has 0 heterocycles. The van der Waals surface area contributed by atoms with Crippen LogP contribution in [0, 0.1) is 11.8 Å². The van der Waals surface area contributed by atoms with Crippen LogP contribution in [0.15, 0.2) is 0 Å². The quantitative estimate of drug-likeness (QED) is 0.685. The molecular formula is C12H24N2O. The standard InChI is InChI=1S/C12H24N2O/c1-9(10-3-4-10)14(2)7-12(13,8-15)11-5-6-11/h9-11,15H,3-8,13H2,1-2H3. The SMILES string of the molecule is CC(C1CC1)N(C)CC(N)(CO)C1CC1. The summed E-state index contributed by atoms with van der Waals surface area (Å²) in [6.45, 7) is 3.24. The van der Waals surface area contributed by atoms with Gasteiger partial charge in [0.15, 0.2) is 0 Å². The average Bonchev–Trinajstić information content (AvgIpc) is 3.07. The summed E-state index contributed by atoms with van der Waals surface area (Å²) >= 11 is 0. The van der Waals surface area contributed by atoms with Crippen LogP contribution in [0.2, 0.25) is 0 Å². The smallest absolute Gasteiger partial charge is 0.0626 e. The van der Waals surface area contributed by atoms with E-state index in [1.54, 1.807) is 0 Å². The molecule has 0 amide bonds. The third kappa shape index (κ3) is 2.52. The molecule has 3 nitrogen and oxygen atoms in total. The molecule has 2 aliphatic rings. The number of aliphatic hydroxyl groups is 1. The number of likely N-dealkylation sites (N-methyl/N-ethyl adjacent to an activating group) is 1. The fourth-order valence-corrected chi connectivity index (χ4v) is 2.51. The molecule has 0 aromatic heterocycles. The molecule has 3 N–H and O–H groups in total. The van der Waals surface area contributed by atoms with E-state index in [0.717, 1.165) is 12.5 Å². The first-order valence-electron chi connectivity index (χ1n) is 6.17. The monoisotopic (exact) mass is 212 g/mol. The van der Waals surface area contributed by atoms with Crippen molar-refractivity contribution in [3.63, 3.8) is 0 Å². The van der Waals surface area contributed by atoms with E-state index >= 15 is 0 Å². The zero-order valence-electron chi connectivity index (χ0n) is 9.95. The summed E-state index contributed by atoms with van der Waals surface area (Å²) in [5, 5.41) is 9.43. The van der Waals surface area contributed by atoms with Crippen LogP contribution in [-0.2, 0) is 0 Å². The van der Waals surface area contributed by atoms with Crippen molar-refractivity contribution < 1.29 is 5.11 Å². The molecule has 2 atom stereocenters. The number of hydrogen-bond donors (Lipinski definition) is 2. The van der Waals surface area contributed by atoms with Gasteiger partial charge in [0.2, 0.25) is 0 Å². The lowest BCUT2D eigenvalue weighted by atomic mass is 9.94. The average molecular weight is 212 g/mol. The Balaban J connectivity index is 1.87. The van der Waals surface area contributed by atoms with Crippen LogP contribution in [0.1, 0.15) is 32.6 Å². The van der Waals surface area contributed by atoms with E-state index in [-0.39, 0.29) is 12.1 Å². The van der Waals surface area contributed by atoms with Crippen LogP contribution in [0.25, 0.3) is 0 Å². The van der Waals surface area contributed by atoms with Crippen molar-refractivity contribution in [2.24, 2.45) is 17.6 Å². The maximum absolute atomic E-state index is 9.43. The van der Waals surface area contributed by atoms with E-state index < -0.39 is 0 Å². The van der Waals surface area contributed by atoms with Crippen molar-refractivity contribution in [3.8, 4) is 0 Å². The van der Waals surface area contributed by atoms with Gasteiger partial charge in [-0.25, -0.2) is 0 Å². The summed E-state index contributed by atoms with van der Waals surface area (Å²) in [6, 6.07) is 0.623. The van der Waals surface area contributed by atoms with Gasteiger partial charge in [0.1, 0.15) is 0 Å². The molecule has 3 heteroatoms. The second-order valence-corrected chi connectivity index (χ2v) is 5.66. The zero-order valence-corrected chi connectivity index (χ0v) is 9.95. The van der Waals surface area contributed by atoms with Gasteiger partial charge >= 0.3 is 0 Å². The van der Waals surface area contributed by atoms with Crippen molar-refractivity contribution in [1.82, 2.24) is 4.90 Å². The third-order valence-corrected chi connectivity index (χ3v) is 4.23. The van der Waals surface area contributed by atoms with Crippen molar-refractivity contribution in [2.45, 2.75) is 44.2 Å². The van der Waals surface area contributed by atoms with Crippen LogP contribution in [-0.4, -0.2) is 41.8 Å². The Morgan fingerprint density at radius 2 is 2.00 bits per heavy atom. The summed E-state index contributed by atoms with van der Waals surface area (Å²) in [7, 11) is 2.14. The number of nitrogens with two attached hydrogens (primary N) is 1. The Bertz CT molecular complexity index is 226. The highest BCUT2D eigenvalue weighted by molar-refractivity contribution is 5.01. The van der Waals surface area contributed by atoms with E-state index in [0.29, 0.717) is 12.0 Å². The highest BCUT2D eigenvalue weighted by atomic mass is 16.3. The molecule has 0 radical (unpaired) electrons. The minimum atomic E-state index is -0.349. The lowest BCUT2D eigenvalue weighted by molar-refractivity contribution is 0.110. The Hall–Kier alpha value is -0.120. The fraction of sp³-hybridized carbons (Fsp3) is 1.00. The predicted octanol–water partition coefficient (Wildman–Crippen LogP) is 0.817. The molecule has 0 bridgehead atoms. The van der Waals surface area contributed by atoms with Crippen LogP contribution in [0.4, 0.5) is 0 Å². The Kier molecular flexibility index (Phi) is 3.06. The van der Waals surface area contributed by atoms with E-state index in [2.05, 4.69) is 18.9 Å². The zero-order chi connectivity index (χ0) is 11.1. The highest BCUT2D eigenvalue weighted by Gasteiger charge is 2.43. The van der Waals surface area contributed by atoms with Gasteiger partial charge in [0, 0.05) is 12.6 Å². The number of nitrogens with zero attached hydrogens (tertiary/aromatic N) is 1. The maximum Gasteiger partial charge on any atom is 0.0626 e. The Morgan fingerprint density at radius 1 is 1.40 bits per heavy atom. The minimum Gasteiger partial charge on any atom is -0.394 e. The molecule has 15 heavy (non-hydrogen) atoms. The first kappa shape index (κ1) is 11.4. The normalized spacial score (nSPS) is 27.8. The van der Waals surface area contributed by atoms with E-state index in [4.69, 9.17) is 5.73 Å². The molecule has 0 aromatic rings. The topological polar surface area (TPSA) is 49.5 Å². The summed E-state index contributed by atoms with van der Waals surface area (Å²) in [4.78, 5) is 2.34. The second kappa shape index (κ2) is 4.04. The van der Waals surface area contributed by atoms with Crippen LogP contribution >= 0.6 is 0 Å². The number of aliphatic hydroxyl groups excluding tert-OH is 1. The van der Waals surface area contributed by atoms with E-state index in [9.17, 15) is 5.11 Å². The molecule has 0 aromatic carbocycles. The van der Waals surface area contributed by atoms with Gasteiger partial charge in [-0.1, -0.05) is 0 Å². The van der Waals surface area contributed by atoms with E-state index in [1.165, 1.54) is 25.7 Å². The lowest BCUT2D eigenvalue weighted by Gasteiger charge is -2.35. The summed E-state index contributed by atoms with van der Waals surface area (Å²) in [5.41, 5.74) is 5.92. The molecule has 2 aliphatic carbocycles. The van der Waals surface area contributed by atoms with Gasteiger partial charge in [-0.15, -0.1) is 0 Å². The molecule has 2 fully saturated rings. The number of hydrogen-bond acceptors (Lipinski definition) is 3. The summed E-state index contributed by atoms with van der Waals surface area (Å²) < 4.78 is 0. The summed E-state index contributed by atoms with van der Waals surface area (Å²) in [5.74, 6) is 1.42. The third-order valence-electron chi connectivity index (χ3n) is 4.23. The van der Waals surface area contributed by atoms with Crippen LogP contribution in [0.5, 0.6) is 0 Å². The van der Waals surface area contributed by atoms with Crippen LogP contribution < -0.4 is 5.73 Å². The van der Waals surface area contributed by atoms with Gasteiger partial charge in [0.05, 0.1) is 12.1 Å². The molecule has 88 valence electrons.